The van der Waals surface area contributed by atoms with Crippen LogP contribution in [0.4, 0.5) is 5.82 Å². The molecule has 31 heavy (non-hydrogen) atoms. The molecule has 160 valence electrons. The number of aromatic nitrogens is 4. The Hall–Kier alpha value is -3.33. The van der Waals surface area contributed by atoms with Crippen molar-refractivity contribution >= 4 is 11.7 Å². The van der Waals surface area contributed by atoms with E-state index in [4.69, 9.17) is 9.25 Å². The monoisotopic (exact) mass is 420 g/mol. The van der Waals surface area contributed by atoms with Crippen molar-refractivity contribution in [3.05, 3.63) is 54.2 Å². The van der Waals surface area contributed by atoms with E-state index >= 15 is 0 Å². The molecule has 0 aliphatic carbocycles. The van der Waals surface area contributed by atoms with Crippen molar-refractivity contribution < 1.29 is 14.0 Å². The van der Waals surface area contributed by atoms with E-state index in [1.165, 1.54) is 6.33 Å². The molecule has 9 heteroatoms. The van der Waals surface area contributed by atoms with Crippen LogP contribution in [0.2, 0.25) is 0 Å². The number of rotatable bonds is 4. The third-order valence-electron chi connectivity index (χ3n) is 5.87. The second-order valence-corrected chi connectivity index (χ2v) is 7.86. The van der Waals surface area contributed by atoms with Gasteiger partial charge in [-0.2, -0.15) is 0 Å². The minimum absolute atomic E-state index is 0.00554. The molecule has 2 aliphatic heterocycles. The Bertz CT molecular complexity index is 1050. The average Bonchev–Trinajstić information content (AvgIpc) is 3.49. The molecule has 4 heterocycles. The molecule has 5 rings (SSSR count). The first-order valence-electron chi connectivity index (χ1n) is 10.6. The lowest BCUT2D eigenvalue weighted by Crippen LogP contribution is -2.42. The van der Waals surface area contributed by atoms with Crippen molar-refractivity contribution in [2.24, 2.45) is 5.92 Å². The maximum absolute atomic E-state index is 13.2. The molecule has 0 spiro atoms. The van der Waals surface area contributed by atoms with Gasteiger partial charge in [0.1, 0.15) is 17.8 Å². The first-order chi connectivity index (χ1) is 15.2. The highest BCUT2D eigenvalue weighted by atomic mass is 16.7. The quantitative estimate of drug-likeness (QED) is 0.635. The summed E-state index contributed by atoms with van der Waals surface area (Å²) in [4.78, 5) is 29.7. The third-order valence-corrected chi connectivity index (χ3v) is 5.87. The molecule has 2 saturated heterocycles. The van der Waals surface area contributed by atoms with Gasteiger partial charge in [0, 0.05) is 38.4 Å². The molecule has 0 bridgehead atoms. The Balaban J connectivity index is 1.24. The Kier molecular flexibility index (Phi) is 5.33. The van der Waals surface area contributed by atoms with Crippen LogP contribution in [0, 0.1) is 12.8 Å². The SMILES string of the molecule is Cc1nnc(-c2cc(N3CCC(C(=O)N4OCC[C@H]4c4ccccc4)CC3)ncn2)o1. The van der Waals surface area contributed by atoms with Gasteiger partial charge < -0.3 is 9.32 Å². The predicted octanol–water partition coefficient (Wildman–Crippen LogP) is 2.96. The van der Waals surface area contributed by atoms with E-state index in [1.807, 2.05) is 24.3 Å². The van der Waals surface area contributed by atoms with Gasteiger partial charge in [-0.25, -0.2) is 15.0 Å². The van der Waals surface area contributed by atoms with E-state index in [1.54, 1.807) is 12.0 Å². The number of hydroxylamine groups is 2. The number of nitrogens with zero attached hydrogens (tertiary/aromatic N) is 6. The zero-order valence-electron chi connectivity index (χ0n) is 17.3. The number of carbonyl (C=O) groups excluding carboxylic acids is 1. The molecule has 9 nitrogen and oxygen atoms in total. The van der Waals surface area contributed by atoms with Crippen LogP contribution in [-0.2, 0) is 9.63 Å². The molecule has 3 aromatic rings. The van der Waals surface area contributed by atoms with Gasteiger partial charge in [-0.15, -0.1) is 10.2 Å². The van der Waals surface area contributed by atoms with E-state index in [0.717, 1.165) is 43.7 Å². The molecule has 1 atom stereocenters. The summed E-state index contributed by atoms with van der Waals surface area (Å²) in [6.45, 7) is 3.79. The fraction of sp³-hybridized carbons (Fsp3) is 0.409. The topological polar surface area (TPSA) is 97.5 Å². The number of hydrogen-bond donors (Lipinski definition) is 0. The van der Waals surface area contributed by atoms with Gasteiger partial charge in [-0.05, 0) is 18.4 Å². The summed E-state index contributed by atoms with van der Waals surface area (Å²) in [5.74, 6) is 1.69. The van der Waals surface area contributed by atoms with Gasteiger partial charge in [0.25, 0.3) is 5.89 Å². The van der Waals surface area contributed by atoms with Crippen molar-refractivity contribution in [2.45, 2.75) is 32.2 Å². The smallest absolute Gasteiger partial charge is 0.266 e. The van der Waals surface area contributed by atoms with Gasteiger partial charge in [0.15, 0.2) is 0 Å². The fourth-order valence-electron chi connectivity index (χ4n) is 4.24. The molecular formula is C22H24N6O3. The van der Waals surface area contributed by atoms with Crippen molar-refractivity contribution in [2.75, 3.05) is 24.6 Å². The van der Waals surface area contributed by atoms with Crippen LogP contribution in [0.3, 0.4) is 0 Å². The first kappa shape index (κ1) is 19.6. The fourth-order valence-corrected chi connectivity index (χ4v) is 4.24. The first-order valence-corrected chi connectivity index (χ1v) is 10.6. The molecule has 0 unspecified atom stereocenters. The van der Waals surface area contributed by atoms with Gasteiger partial charge in [0.2, 0.25) is 11.8 Å². The third kappa shape index (κ3) is 4.00. The highest BCUT2D eigenvalue weighted by Gasteiger charge is 2.37. The van der Waals surface area contributed by atoms with Gasteiger partial charge >= 0.3 is 0 Å². The van der Waals surface area contributed by atoms with Crippen molar-refractivity contribution in [3.8, 4) is 11.6 Å². The highest BCUT2D eigenvalue weighted by molar-refractivity contribution is 5.79. The normalized spacial score (nSPS) is 19.7. The van der Waals surface area contributed by atoms with E-state index < -0.39 is 0 Å². The lowest BCUT2D eigenvalue weighted by atomic mass is 9.94. The summed E-state index contributed by atoms with van der Waals surface area (Å²) in [6.07, 6.45) is 3.83. The van der Waals surface area contributed by atoms with Crippen molar-refractivity contribution in [1.29, 1.82) is 0 Å². The Labute approximate surface area is 180 Å². The minimum Gasteiger partial charge on any atom is -0.420 e. The summed E-state index contributed by atoms with van der Waals surface area (Å²) in [5.41, 5.74) is 1.72. The van der Waals surface area contributed by atoms with E-state index in [2.05, 4.69) is 37.2 Å². The predicted molar refractivity (Wildman–Crippen MR) is 112 cm³/mol. The van der Waals surface area contributed by atoms with Crippen molar-refractivity contribution in [3.63, 3.8) is 0 Å². The molecular weight excluding hydrogens is 396 g/mol. The lowest BCUT2D eigenvalue weighted by Gasteiger charge is -2.34. The van der Waals surface area contributed by atoms with Crippen LogP contribution >= 0.6 is 0 Å². The van der Waals surface area contributed by atoms with Crippen LogP contribution < -0.4 is 4.90 Å². The summed E-state index contributed by atoms with van der Waals surface area (Å²) < 4.78 is 5.47. The molecule has 1 amide bonds. The summed E-state index contributed by atoms with van der Waals surface area (Å²) in [7, 11) is 0. The van der Waals surface area contributed by atoms with Crippen LogP contribution in [-0.4, -0.2) is 50.8 Å². The second-order valence-electron chi connectivity index (χ2n) is 7.86. The zero-order valence-corrected chi connectivity index (χ0v) is 17.3. The van der Waals surface area contributed by atoms with Gasteiger partial charge in [0.05, 0.1) is 12.6 Å². The number of benzene rings is 1. The maximum Gasteiger partial charge on any atom is 0.266 e. The molecule has 0 radical (unpaired) electrons. The van der Waals surface area contributed by atoms with Gasteiger partial charge in [-0.3, -0.25) is 9.63 Å². The average molecular weight is 420 g/mol. The second kappa shape index (κ2) is 8.43. The number of hydrogen-bond acceptors (Lipinski definition) is 8. The van der Waals surface area contributed by atoms with E-state index in [9.17, 15) is 4.79 Å². The van der Waals surface area contributed by atoms with E-state index in [-0.39, 0.29) is 17.9 Å². The standard InChI is InChI=1S/C22H24N6O3/c1-15-25-26-21(31-15)18-13-20(24-14-23-18)27-10-7-17(8-11-27)22(29)28-19(9-12-30-28)16-5-3-2-4-6-16/h2-6,13-14,17,19H,7-12H2,1H3/t19-/m0/s1. The largest absolute Gasteiger partial charge is 0.420 e. The number of aryl methyl sites for hydroxylation is 1. The molecule has 0 saturated carbocycles. The van der Waals surface area contributed by atoms with Crippen LogP contribution in [0.15, 0.2) is 47.1 Å². The van der Waals surface area contributed by atoms with Crippen molar-refractivity contribution in [1.82, 2.24) is 25.2 Å². The lowest BCUT2D eigenvalue weighted by molar-refractivity contribution is -0.182. The maximum atomic E-state index is 13.2. The highest BCUT2D eigenvalue weighted by Crippen LogP contribution is 2.34. The number of carbonyl (C=O) groups is 1. The van der Waals surface area contributed by atoms with Crippen LogP contribution in [0.5, 0.6) is 0 Å². The molecule has 0 N–H and O–H groups in total. The summed E-state index contributed by atoms with van der Waals surface area (Å²) in [5, 5.41) is 9.49. The van der Waals surface area contributed by atoms with E-state index in [0.29, 0.717) is 24.1 Å². The van der Waals surface area contributed by atoms with Crippen LogP contribution in [0.1, 0.15) is 36.8 Å². The number of piperidine rings is 1. The minimum atomic E-state index is -0.0551. The summed E-state index contributed by atoms with van der Waals surface area (Å²) in [6, 6.07) is 11.9. The molecule has 2 fully saturated rings. The Morgan fingerprint density at radius 3 is 2.61 bits per heavy atom. The molecule has 2 aromatic heterocycles. The molecule has 1 aromatic carbocycles. The number of amides is 1. The number of anilines is 1. The van der Waals surface area contributed by atoms with Crippen LogP contribution in [0.25, 0.3) is 11.6 Å². The molecule has 2 aliphatic rings. The Morgan fingerprint density at radius 2 is 1.87 bits per heavy atom. The Morgan fingerprint density at radius 1 is 1.06 bits per heavy atom. The zero-order chi connectivity index (χ0) is 21.2. The van der Waals surface area contributed by atoms with Gasteiger partial charge in [-0.1, -0.05) is 30.3 Å². The summed E-state index contributed by atoms with van der Waals surface area (Å²) >= 11 is 0.